The van der Waals surface area contributed by atoms with Gasteiger partial charge in [-0.15, -0.1) is 0 Å². The van der Waals surface area contributed by atoms with Gasteiger partial charge < -0.3 is 19.9 Å². The van der Waals surface area contributed by atoms with Crippen LogP contribution in [0.2, 0.25) is 0 Å². The molecule has 0 radical (unpaired) electrons. The standard InChI is InChI=1S/C40H51N3O3/c1-3-5-8-14-33-20-22-37(23-21-33)39(44)43(38-24-28-42(29-25-38)27-11-6-4-2)31-36-18-12-17-34(30-36)19-13-26-41-40(45)46-32-35-15-9-7-10-16-35/h7,9-10,12,15-18,20-23,30,38H,3-6,8,11,14,24-29,31-32H2,1-2H3,(H,41,45). The van der Waals surface area contributed by atoms with Crippen LogP contribution in [0.4, 0.5) is 4.79 Å². The lowest BCUT2D eigenvalue weighted by Crippen LogP contribution is -2.47. The van der Waals surface area contributed by atoms with Crippen molar-refractivity contribution in [2.24, 2.45) is 0 Å². The number of benzene rings is 3. The highest BCUT2D eigenvalue weighted by molar-refractivity contribution is 5.94. The molecule has 2 amide bonds. The van der Waals surface area contributed by atoms with Crippen molar-refractivity contribution >= 4 is 12.0 Å². The number of ether oxygens (including phenoxy) is 1. The van der Waals surface area contributed by atoms with Crippen LogP contribution in [-0.4, -0.2) is 54.0 Å². The molecule has 3 aromatic carbocycles. The van der Waals surface area contributed by atoms with E-state index in [1.807, 2.05) is 54.6 Å². The first kappa shape index (κ1) is 34.8. The number of piperidine rings is 1. The van der Waals surface area contributed by atoms with E-state index in [2.05, 4.69) is 65.1 Å². The molecule has 0 aliphatic carbocycles. The first-order chi connectivity index (χ1) is 22.6. The van der Waals surface area contributed by atoms with E-state index in [4.69, 9.17) is 4.74 Å². The van der Waals surface area contributed by atoms with Gasteiger partial charge in [-0.2, -0.15) is 0 Å². The van der Waals surface area contributed by atoms with E-state index in [-0.39, 0.29) is 25.1 Å². The number of aryl methyl sites for hydroxylation is 1. The summed E-state index contributed by atoms with van der Waals surface area (Å²) in [5.41, 5.74) is 4.89. The van der Waals surface area contributed by atoms with Crippen LogP contribution in [0.5, 0.6) is 0 Å². The number of carbonyl (C=O) groups excluding carboxylic acids is 2. The number of nitrogens with one attached hydrogen (secondary N) is 1. The Kier molecular flexibility index (Phi) is 14.7. The Bertz CT molecular complexity index is 1400. The molecule has 6 nitrogen and oxygen atoms in total. The van der Waals surface area contributed by atoms with Crippen molar-refractivity contribution in [2.45, 2.75) is 90.8 Å². The van der Waals surface area contributed by atoms with E-state index in [0.717, 1.165) is 61.2 Å². The van der Waals surface area contributed by atoms with Gasteiger partial charge in [-0.1, -0.05) is 106 Å². The third kappa shape index (κ3) is 11.7. The molecule has 0 unspecified atom stereocenters. The minimum absolute atomic E-state index is 0.0965. The molecule has 0 aromatic heterocycles. The van der Waals surface area contributed by atoms with E-state index in [0.29, 0.717) is 6.54 Å². The summed E-state index contributed by atoms with van der Waals surface area (Å²) in [6.07, 6.45) is 9.89. The summed E-state index contributed by atoms with van der Waals surface area (Å²) in [6.45, 7) is 8.62. The summed E-state index contributed by atoms with van der Waals surface area (Å²) in [5, 5.41) is 2.69. The molecule has 1 heterocycles. The van der Waals surface area contributed by atoms with Crippen molar-refractivity contribution in [3.05, 3.63) is 107 Å². The number of rotatable bonds is 15. The summed E-state index contributed by atoms with van der Waals surface area (Å²) in [6, 6.07) is 26.1. The van der Waals surface area contributed by atoms with Crippen molar-refractivity contribution in [3.63, 3.8) is 0 Å². The third-order valence-corrected chi connectivity index (χ3v) is 8.65. The number of alkyl carbamates (subject to hydrolysis) is 1. The minimum atomic E-state index is -0.494. The molecular weight excluding hydrogens is 570 g/mol. The Morgan fingerprint density at radius 3 is 2.30 bits per heavy atom. The zero-order valence-electron chi connectivity index (χ0n) is 27.8. The molecule has 244 valence electrons. The fourth-order valence-electron chi connectivity index (χ4n) is 5.95. The highest BCUT2D eigenvalue weighted by Gasteiger charge is 2.28. The Morgan fingerprint density at radius 2 is 1.57 bits per heavy atom. The van der Waals surface area contributed by atoms with E-state index >= 15 is 0 Å². The van der Waals surface area contributed by atoms with E-state index in [1.54, 1.807) is 0 Å². The molecule has 6 heteroatoms. The number of likely N-dealkylation sites (tertiary alicyclic amines) is 1. The van der Waals surface area contributed by atoms with Gasteiger partial charge in [0.15, 0.2) is 0 Å². The Hall–Kier alpha value is -4.08. The summed E-state index contributed by atoms with van der Waals surface area (Å²) in [7, 11) is 0. The van der Waals surface area contributed by atoms with Gasteiger partial charge in [-0.05, 0) is 79.6 Å². The molecule has 1 aliphatic rings. The molecule has 1 aliphatic heterocycles. The zero-order chi connectivity index (χ0) is 32.4. The Balaban J connectivity index is 1.39. The summed E-state index contributed by atoms with van der Waals surface area (Å²) < 4.78 is 5.26. The monoisotopic (exact) mass is 621 g/mol. The average Bonchev–Trinajstić information content (AvgIpc) is 3.09. The molecule has 46 heavy (non-hydrogen) atoms. The Labute approximate surface area is 276 Å². The number of hydrogen-bond acceptors (Lipinski definition) is 4. The smallest absolute Gasteiger partial charge is 0.408 e. The summed E-state index contributed by atoms with van der Waals surface area (Å²) >= 11 is 0. The van der Waals surface area contributed by atoms with Gasteiger partial charge >= 0.3 is 6.09 Å². The lowest BCUT2D eigenvalue weighted by molar-refractivity contribution is 0.0548. The quantitative estimate of drug-likeness (QED) is 0.138. The lowest BCUT2D eigenvalue weighted by atomic mass is 9.99. The van der Waals surface area contributed by atoms with Crippen LogP contribution in [-0.2, 0) is 24.3 Å². The second kappa shape index (κ2) is 19.4. The highest BCUT2D eigenvalue weighted by Crippen LogP contribution is 2.23. The number of nitrogens with zero attached hydrogens (tertiary/aromatic N) is 2. The number of amides is 2. The SMILES string of the molecule is CCCCCc1ccc(C(=O)N(Cc2cccc(C#CCNC(=O)OCc3ccccc3)c2)C2CCN(CCCCC)CC2)cc1. The highest BCUT2D eigenvalue weighted by atomic mass is 16.5. The van der Waals surface area contributed by atoms with Gasteiger partial charge in [0, 0.05) is 36.8 Å². The van der Waals surface area contributed by atoms with Gasteiger partial charge in [0.2, 0.25) is 0 Å². The first-order valence-electron chi connectivity index (χ1n) is 17.2. The Morgan fingerprint density at radius 1 is 0.848 bits per heavy atom. The molecule has 1 N–H and O–H groups in total. The van der Waals surface area contributed by atoms with Crippen LogP contribution in [0.3, 0.4) is 0 Å². The van der Waals surface area contributed by atoms with Crippen molar-refractivity contribution in [1.82, 2.24) is 15.1 Å². The maximum atomic E-state index is 14.0. The van der Waals surface area contributed by atoms with Gasteiger partial charge in [-0.3, -0.25) is 4.79 Å². The van der Waals surface area contributed by atoms with Crippen molar-refractivity contribution < 1.29 is 14.3 Å². The van der Waals surface area contributed by atoms with Crippen LogP contribution >= 0.6 is 0 Å². The largest absolute Gasteiger partial charge is 0.445 e. The second-order valence-electron chi connectivity index (χ2n) is 12.3. The number of unbranched alkanes of at least 4 members (excludes halogenated alkanes) is 4. The van der Waals surface area contributed by atoms with Crippen molar-refractivity contribution in [1.29, 1.82) is 0 Å². The molecular formula is C40H51N3O3. The molecule has 0 atom stereocenters. The molecule has 0 saturated carbocycles. The van der Waals surface area contributed by atoms with Crippen molar-refractivity contribution in [3.8, 4) is 11.8 Å². The van der Waals surface area contributed by atoms with Gasteiger partial charge in [-0.25, -0.2) is 4.79 Å². The zero-order valence-corrected chi connectivity index (χ0v) is 27.8. The number of hydrogen-bond donors (Lipinski definition) is 1. The van der Waals surface area contributed by atoms with Gasteiger partial charge in [0.1, 0.15) is 6.61 Å². The van der Waals surface area contributed by atoms with E-state index in [9.17, 15) is 9.59 Å². The minimum Gasteiger partial charge on any atom is -0.445 e. The molecule has 1 saturated heterocycles. The van der Waals surface area contributed by atoms with E-state index < -0.39 is 6.09 Å². The maximum Gasteiger partial charge on any atom is 0.408 e. The van der Waals surface area contributed by atoms with Crippen LogP contribution in [0.25, 0.3) is 0 Å². The molecule has 4 rings (SSSR count). The fourth-order valence-corrected chi connectivity index (χ4v) is 5.95. The first-order valence-corrected chi connectivity index (χ1v) is 17.2. The molecule has 3 aromatic rings. The van der Waals surface area contributed by atoms with E-state index in [1.165, 1.54) is 44.1 Å². The van der Waals surface area contributed by atoms with Crippen LogP contribution < -0.4 is 5.32 Å². The predicted octanol–water partition coefficient (Wildman–Crippen LogP) is 7.99. The maximum absolute atomic E-state index is 14.0. The van der Waals surface area contributed by atoms with Crippen LogP contribution in [0.1, 0.15) is 97.8 Å². The normalized spacial score (nSPS) is 13.4. The second-order valence-corrected chi connectivity index (χ2v) is 12.3. The average molecular weight is 622 g/mol. The van der Waals surface area contributed by atoms with Gasteiger partial charge in [0.05, 0.1) is 6.54 Å². The van der Waals surface area contributed by atoms with Crippen LogP contribution in [0.15, 0.2) is 78.9 Å². The molecule has 1 fully saturated rings. The van der Waals surface area contributed by atoms with Crippen LogP contribution in [0, 0.1) is 11.8 Å². The predicted molar refractivity (Wildman–Crippen MR) is 186 cm³/mol. The summed E-state index contributed by atoms with van der Waals surface area (Å²) in [5.74, 6) is 6.28. The topological polar surface area (TPSA) is 61.9 Å². The number of carbonyl (C=O) groups is 2. The fraction of sp³-hybridized carbons (Fsp3) is 0.450. The van der Waals surface area contributed by atoms with Crippen molar-refractivity contribution in [2.75, 3.05) is 26.2 Å². The summed E-state index contributed by atoms with van der Waals surface area (Å²) in [4.78, 5) is 30.8. The third-order valence-electron chi connectivity index (χ3n) is 8.65. The van der Waals surface area contributed by atoms with Gasteiger partial charge in [0.25, 0.3) is 5.91 Å². The lowest BCUT2D eigenvalue weighted by Gasteiger charge is -2.39. The molecule has 0 spiro atoms. The molecule has 0 bridgehead atoms.